The van der Waals surface area contributed by atoms with E-state index in [0.717, 1.165) is 29.4 Å². The molecule has 1 aromatic rings. The van der Waals surface area contributed by atoms with Crippen molar-refractivity contribution in [3.8, 4) is 0 Å². The molecule has 1 rings (SSSR count). The van der Waals surface area contributed by atoms with Crippen molar-refractivity contribution in [3.05, 3.63) is 34.6 Å². The topological polar surface area (TPSA) is 33.1 Å². The van der Waals surface area contributed by atoms with Gasteiger partial charge in [0.2, 0.25) is 0 Å². The largest absolute Gasteiger partial charge is 0.396 e. The number of aliphatic hydroxyl groups excluding tert-OH is 1. The summed E-state index contributed by atoms with van der Waals surface area (Å²) in [6.45, 7) is 0.286. The molecule has 14 heavy (non-hydrogen) atoms. The van der Waals surface area contributed by atoms with Gasteiger partial charge in [-0.3, -0.25) is 0 Å². The highest BCUT2D eigenvalue weighted by atomic mass is 79.9. The molecule has 0 atom stereocenters. The molecule has 0 aliphatic carbocycles. The van der Waals surface area contributed by atoms with Crippen LogP contribution in [0.3, 0.4) is 0 Å². The van der Waals surface area contributed by atoms with Gasteiger partial charge in [-0.2, -0.15) is 0 Å². The summed E-state index contributed by atoms with van der Waals surface area (Å²) in [5, 5.41) is 8.58. The van der Waals surface area contributed by atoms with Gasteiger partial charge in [0.25, 0.3) is 0 Å². The minimum absolute atomic E-state index is 0.286. The molecule has 76 valence electrons. The molecule has 0 amide bonds. The molecule has 2 nitrogen and oxygen atoms in total. The lowest BCUT2D eigenvalue weighted by atomic mass is 10.2. The van der Waals surface area contributed by atoms with Crippen LogP contribution in [0.15, 0.2) is 29.0 Å². The third kappa shape index (κ3) is 4.53. The molecule has 3 heteroatoms. The van der Waals surface area contributed by atoms with E-state index in [1.165, 1.54) is 0 Å². The summed E-state index contributed by atoms with van der Waals surface area (Å²) in [7, 11) is 0. The monoisotopic (exact) mass is 255 g/mol. The van der Waals surface area contributed by atoms with E-state index in [-0.39, 0.29) is 6.61 Å². The highest BCUT2D eigenvalue weighted by Gasteiger charge is 1.89. The van der Waals surface area contributed by atoms with E-state index < -0.39 is 0 Å². The molecule has 0 saturated carbocycles. The lowest BCUT2D eigenvalue weighted by Crippen LogP contribution is -1.80. The number of aromatic nitrogens is 1. The van der Waals surface area contributed by atoms with Gasteiger partial charge in [-0.05, 0) is 52.9 Å². The maximum absolute atomic E-state index is 8.58. The Balaban J connectivity index is 2.36. The Morgan fingerprint density at radius 3 is 3.00 bits per heavy atom. The van der Waals surface area contributed by atoms with Crippen molar-refractivity contribution in [3.63, 3.8) is 0 Å². The van der Waals surface area contributed by atoms with Crippen LogP contribution in [-0.4, -0.2) is 16.7 Å². The van der Waals surface area contributed by atoms with Crippen molar-refractivity contribution < 1.29 is 5.11 Å². The van der Waals surface area contributed by atoms with Gasteiger partial charge in [0.15, 0.2) is 0 Å². The summed E-state index contributed by atoms with van der Waals surface area (Å²) in [6.07, 6.45) is 8.91. The average Bonchev–Trinajstić information content (AvgIpc) is 2.18. The van der Waals surface area contributed by atoms with E-state index in [0.29, 0.717) is 0 Å². The van der Waals surface area contributed by atoms with Crippen LogP contribution in [0.2, 0.25) is 0 Å². The Kier molecular flexibility index (Phi) is 5.49. The lowest BCUT2D eigenvalue weighted by molar-refractivity contribution is 0.285. The first-order valence-electron chi connectivity index (χ1n) is 4.72. The number of allylic oxidation sites excluding steroid dienone is 1. The standard InChI is InChI=1S/C11H14BrNO/c12-11-9-10(6-7-13-11)5-3-1-2-4-8-14/h3,5-7,9,14H,1-2,4,8H2. The fourth-order valence-corrected chi connectivity index (χ4v) is 1.50. The van der Waals surface area contributed by atoms with Crippen LogP contribution in [0, 0.1) is 0 Å². The van der Waals surface area contributed by atoms with Gasteiger partial charge >= 0.3 is 0 Å². The van der Waals surface area contributed by atoms with Gasteiger partial charge in [-0.15, -0.1) is 0 Å². The second kappa shape index (κ2) is 6.74. The summed E-state index contributed by atoms with van der Waals surface area (Å²) < 4.78 is 0.856. The summed E-state index contributed by atoms with van der Waals surface area (Å²) in [5.41, 5.74) is 1.15. The number of nitrogens with zero attached hydrogens (tertiary/aromatic N) is 1. The Morgan fingerprint density at radius 1 is 1.43 bits per heavy atom. The lowest BCUT2D eigenvalue weighted by Gasteiger charge is -1.94. The molecule has 0 spiro atoms. The Labute approximate surface area is 92.8 Å². The van der Waals surface area contributed by atoms with Crippen LogP contribution in [-0.2, 0) is 0 Å². The maximum atomic E-state index is 8.58. The molecule has 0 aliphatic rings. The van der Waals surface area contributed by atoms with Gasteiger partial charge in [-0.1, -0.05) is 12.2 Å². The molecule has 0 fully saturated rings. The summed E-state index contributed by atoms with van der Waals surface area (Å²) in [6, 6.07) is 3.94. The number of unbranched alkanes of at least 4 members (excludes halogenated alkanes) is 2. The number of aliphatic hydroxyl groups is 1. The molecule has 0 unspecified atom stereocenters. The summed E-state index contributed by atoms with van der Waals surface area (Å²) in [4.78, 5) is 4.05. The van der Waals surface area contributed by atoms with E-state index in [1.807, 2.05) is 12.1 Å². The third-order valence-electron chi connectivity index (χ3n) is 1.84. The minimum Gasteiger partial charge on any atom is -0.396 e. The van der Waals surface area contributed by atoms with E-state index in [2.05, 4.69) is 33.1 Å². The van der Waals surface area contributed by atoms with Crippen LogP contribution in [0.4, 0.5) is 0 Å². The van der Waals surface area contributed by atoms with E-state index >= 15 is 0 Å². The molecule has 0 bridgehead atoms. The second-order valence-electron chi connectivity index (χ2n) is 3.03. The van der Waals surface area contributed by atoms with Crippen LogP contribution in [0.5, 0.6) is 0 Å². The molecule has 1 heterocycles. The van der Waals surface area contributed by atoms with Gasteiger partial charge in [0, 0.05) is 12.8 Å². The van der Waals surface area contributed by atoms with Gasteiger partial charge in [0.05, 0.1) is 0 Å². The van der Waals surface area contributed by atoms with Crippen LogP contribution >= 0.6 is 15.9 Å². The number of hydrogen-bond donors (Lipinski definition) is 1. The zero-order valence-corrected chi connectivity index (χ0v) is 9.57. The van der Waals surface area contributed by atoms with Gasteiger partial charge < -0.3 is 5.11 Å². The van der Waals surface area contributed by atoms with Crippen LogP contribution in [0.25, 0.3) is 6.08 Å². The molecular weight excluding hydrogens is 242 g/mol. The Bertz CT molecular complexity index is 299. The zero-order chi connectivity index (χ0) is 10.2. The molecule has 1 N–H and O–H groups in total. The number of halogens is 1. The molecular formula is C11H14BrNO. The summed E-state index contributed by atoms with van der Waals surface area (Å²) >= 11 is 3.32. The highest BCUT2D eigenvalue weighted by molar-refractivity contribution is 9.10. The van der Waals surface area contributed by atoms with Crippen LogP contribution in [0.1, 0.15) is 24.8 Å². The molecule has 0 aliphatic heterocycles. The average molecular weight is 256 g/mol. The normalized spacial score (nSPS) is 11.0. The van der Waals surface area contributed by atoms with Crippen molar-refractivity contribution in [2.24, 2.45) is 0 Å². The smallest absolute Gasteiger partial charge is 0.106 e. The molecule has 0 aromatic carbocycles. The first kappa shape index (κ1) is 11.4. The van der Waals surface area contributed by atoms with Crippen molar-refractivity contribution in [2.45, 2.75) is 19.3 Å². The van der Waals surface area contributed by atoms with E-state index in [4.69, 9.17) is 5.11 Å². The van der Waals surface area contributed by atoms with Crippen molar-refractivity contribution in [1.29, 1.82) is 0 Å². The van der Waals surface area contributed by atoms with E-state index in [9.17, 15) is 0 Å². The number of rotatable bonds is 5. The third-order valence-corrected chi connectivity index (χ3v) is 2.27. The SMILES string of the molecule is OCCCCC=Cc1ccnc(Br)c1. The minimum atomic E-state index is 0.286. The van der Waals surface area contributed by atoms with Crippen LogP contribution < -0.4 is 0 Å². The van der Waals surface area contributed by atoms with Gasteiger partial charge in [-0.25, -0.2) is 4.98 Å². The van der Waals surface area contributed by atoms with Crippen molar-refractivity contribution >= 4 is 22.0 Å². The number of hydrogen-bond acceptors (Lipinski definition) is 2. The summed E-state index contributed by atoms with van der Waals surface area (Å²) in [5.74, 6) is 0. The molecule has 1 aromatic heterocycles. The molecule has 0 saturated heterocycles. The quantitative estimate of drug-likeness (QED) is 0.648. The fourth-order valence-electron chi connectivity index (χ4n) is 1.11. The maximum Gasteiger partial charge on any atom is 0.106 e. The molecule has 0 radical (unpaired) electrons. The Hall–Kier alpha value is -0.670. The van der Waals surface area contributed by atoms with Gasteiger partial charge in [0.1, 0.15) is 4.60 Å². The first-order valence-corrected chi connectivity index (χ1v) is 5.51. The zero-order valence-electron chi connectivity index (χ0n) is 7.99. The predicted molar refractivity (Wildman–Crippen MR) is 61.9 cm³/mol. The van der Waals surface area contributed by atoms with Crippen molar-refractivity contribution in [1.82, 2.24) is 4.98 Å². The predicted octanol–water partition coefficient (Wildman–Crippen LogP) is 3.02. The number of pyridine rings is 1. The fraction of sp³-hybridized carbons (Fsp3) is 0.364. The first-order chi connectivity index (χ1) is 6.83. The highest BCUT2D eigenvalue weighted by Crippen LogP contribution is 2.10. The second-order valence-corrected chi connectivity index (χ2v) is 3.85. The van der Waals surface area contributed by atoms with E-state index in [1.54, 1.807) is 6.20 Å². The van der Waals surface area contributed by atoms with Crippen molar-refractivity contribution in [2.75, 3.05) is 6.61 Å². The Morgan fingerprint density at radius 2 is 2.29 bits per heavy atom.